The number of esters is 1. The van der Waals surface area contributed by atoms with Gasteiger partial charge in [-0.3, -0.25) is 14.8 Å². The Kier molecular flexibility index (Phi) is 8.54. The molecule has 0 N–H and O–H groups in total. The van der Waals surface area contributed by atoms with Gasteiger partial charge in [-0.15, -0.1) is 0 Å². The first-order valence-corrected chi connectivity index (χ1v) is 7.38. The lowest BCUT2D eigenvalue weighted by Gasteiger charge is -2.17. The number of hydrogen-bond donors (Lipinski definition) is 0. The molecule has 0 saturated carbocycles. The summed E-state index contributed by atoms with van der Waals surface area (Å²) >= 11 is 0. The fraction of sp³-hybridized carbons (Fsp3) is 0.667. The third-order valence-electron chi connectivity index (χ3n) is 2.80. The van der Waals surface area contributed by atoms with Gasteiger partial charge in [0.25, 0.3) is 0 Å². The van der Waals surface area contributed by atoms with E-state index >= 15 is 0 Å². The van der Waals surface area contributed by atoms with Crippen LogP contribution in [0.3, 0.4) is 0 Å². The topological polar surface area (TPSA) is 70.5 Å². The van der Waals surface area contributed by atoms with E-state index in [0.29, 0.717) is 38.4 Å². The molecule has 118 valence electrons. The quantitative estimate of drug-likeness (QED) is 0.485. The summed E-state index contributed by atoms with van der Waals surface area (Å²) in [7, 11) is 0. The molecule has 0 aliphatic carbocycles. The van der Waals surface area contributed by atoms with Crippen LogP contribution >= 0.6 is 0 Å². The Bertz CT molecular complexity index is 420. The molecule has 0 fully saturated rings. The number of aryl methyl sites for hydroxylation is 1. The van der Waals surface area contributed by atoms with Crippen molar-refractivity contribution in [3.8, 4) is 0 Å². The van der Waals surface area contributed by atoms with Crippen LogP contribution in [0, 0.1) is 0 Å². The van der Waals surface area contributed by atoms with Crippen LogP contribution in [0.1, 0.15) is 38.6 Å². The first kappa shape index (κ1) is 17.5. The van der Waals surface area contributed by atoms with Crippen molar-refractivity contribution < 1.29 is 19.0 Å². The van der Waals surface area contributed by atoms with E-state index in [1.165, 1.54) is 0 Å². The highest BCUT2D eigenvalue weighted by molar-refractivity contribution is 5.72. The van der Waals surface area contributed by atoms with Gasteiger partial charge in [-0.2, -0.15) is 0 Å². The second-order valence-electron chi connectivity index (χ2n) is 4.31. The number of carbonyl (C=O) groups is 1. The zero-order chi connectivity index (χ0) is 15.5. The minimum atomic E-state index is -0.287. The molecule has 6 nitrogen and oxygen atoms in total. The second-order valence-corrected chi connectivity index (χ2v) is 4.31. The number of hydrogen-bond acceptors (Lipinski definition) is 6. The minimum Gasteiger partial charge on any atom is -0.466 e. The summed E-state index contributed by atoms with van der Waals surface area (Å²) in [6, 6.07) is 0. The molecule has 1 aromatic rings. The third kappa shape index (κ3) is 6.64. The van der Waals surface area contributed by atoms with Crippen LogP contribution in [0.4, 0.5) is 0 Å². The zero-order valence-electron chi connectivity index (χ0n) is 13.0. The van der Waals surface area contributed by atoms with E-state index in [4.69, 9.17) is 14.2 Å². The van der Waals surface area contributed by atoms with Crippen LogP contribution in [0.15, 0.2) is 12.4 Å². The average molecular weight is 296 g/mol. The first-order valence-electron chi connectivity index (χ1n) is 7.38. The van der Waals surface area contributed by atoms with Crippen molar-refractivity contribution in [3.63, 3.8) is 0 Å². The van der Waals surface area contributed by atoms with Crippen LogP contribution < -0.4 is 0 Å². The fourth-order valence-corrected chi connectivity index (χ4v) is 1.94. The lowest BCUT2D eigenvalue weighted by Crippen LogP contribution is -2.19. The summed E-state index contributed by atoms with van der Waals surface area (Å²) in [5.41, 5.74) is 1.44. The zero-order valence-corrected chi connectivity index (χ0v) is 13.0. The Morgan fingerprint density at radius 2 is 1.67 bits per heavy atom. The molecule has 0 atom stereocenters. The molecule has 0 saturated heterocycles. The van der Waals surface area contributed by atoms with E-state index in [1.807, 2.05) is 13.8 Å². The molecule has 21 heavy (non-hydrogen) atoms. The maximum absolute atomic E-state index is 11.6. The molecule has 1 rings (SSSR count). The molecule has 1 heterocycles. The third-order valence-corrected chi connectivity index (χ3v) is 2.80. The summed E-state index contributed by atoms with van der Waals surface area (Å²) in [6.07, 6.45) is 4.42. The summed E-state index contributed by atoms with van der Waals surface area (Å²) in [4.78, 5) is 20.1. The van der Waals surface area contributed by atoms with Crippen LogP contribution in [0.2, 0.25) is 0 Å². The molecule has 0 radical (unpaired) electrons. The fourth-order valence-electron chi connectivity index (χ4n) is 1.94. The van der Waals surface area contributed by atoms with E-state index < -0.39 is 0 Å². The van der Waals surface area contributed by atoms with Gasteiger partial charge in [-0.1, -0.05) is 0 Å². The van der Waals surface area contributed by atoms with Gasteiger partial charge in [-0.05, 0) is 27.2 Å². The molecular formula is C15H24N2O4. The van der Waals surface area contributed by atoms with Gasteiger partial charge in [0.05, 0.1) is 24.4 Å². The highest BCUT2D eigenvalue weighted by Crippen LogP contribution is 2.11. The number of rotatable bonds is 10. The maximum Gasteiger partial charge on any atom is 0.311 e. The molecule has 0 unspecified atom stereocenters. The lowest BCUT2D eigenvalue weighted by molar-refractivity contribution is -0.142. The molecule has 0 aromatic carbocycles. The van der Waals surface area contributed by atoms with Crippen molar-refractivity contribution in [2.24, 2.45) is 0 Å². The Balaban J connectivity index is 2.63. The molecule has 1 aromatic heterocycles. The molecule has 0 aliphatic rings. The van der Waals surface area contributed by atoms with Gasteiger partial charge >= 0.3 is 5.97 Å². The first-order chi connectivity index (χ1) is 10.2. The van der Waals surface area contributed by atoms with Crippen molar-refractivity contribution in [3.05, 3.63) is 23.8 Å². The van der Waals surface area contributed by atoms with Crippen molar-refractivity contribution in [2.45, 2.75) is 46.3 Å². The monoisotopic (exact) mass is 296 g/mol. The smallest absolute Gasteiger partial charge is 0.311 e. The van der Waals surface area contributed by atoms with Gasteiger partial charge in [0.15, 0.2) is 6.29 Å². The van der Waals surface area contributed by atoms with Gasteiger partial charge in [0.2, 0.25) is 0 Å². The van der Waals surface area contributed by atoms with Gasteiger partial charge in [-0.25, -0.2) is 0 Å². The summed E-state index contributed by atoms with van der Waals surface area (Å²) in [6.45, 7) is 7.21. The van der Waals surface area contributed by atoms with Crippen molar-refractivity contribution in [1.82, 2.24) is 9.97 Å². The summed E-state index contributed by atoms with van der Waals surface area (Å²) < 4.78 is 16.0. The summed E-state index contributed by atoms with van der Waals surface area (Å²) in [5, 5.41) is 0. The Morgan fingerprint density at radius 3 is 2.24 bits per heavy atom. The van der Waals surface area contributed by atoms with Crippen molar-refractivity contribution in [2.75, 3.05) is 19.8 Å². The predicted molar refractivity (Wildman–Crippen MR) is 77.7 cm³/mol. The molecule has 0 amide bonds. The normalized spacial score (nSPS) is 10.9. The molecule has 0 bridgehead atoms. The predicted octanol–water partition coefficient (Wildman–Crippen LogP) is 1.91. The highest BCUT2D eigenvalue weighted by atomic mass is 16.7. The summed E-state index contributed by atoms with van der Waals surface area (Å²) in [5.74, 6) is -0.287. The standard InChI is InChI=1S/C15H24N2O4/c1-4-19-14(18)11-13-12(16-9-10-17-13)7-8-15(20-5-2)21-6-3/h9-10,15H,4-8,11H2,1-3H3. The Morgan fingerprint density at radius 1 is 1.05 bits per heavy atom. The van der Waals surface area contributed by atoms with Gasteiger partial charge < -0.3 is 14.2 Å². The molecular weight excluding hydrogens is 272 g/mol. The Hall–Kier alpha value is -1.53. The van der Waals surface area contributed by atoms with Crippen LogP contribution in [-0.2, 0) is 31.8 Å². The number of carbonyl (C=O) groups excluding carboxylic acids is 1. The van der Waals surface area contributed by atoms with Crippen molar-refractivity contribution in [1.29, 1.82) is 0 Å². The second kappa shape index (κ2) is 10.2. The van der Waals surface area contributed by atoms with Gasteiger partial charge in [0, 0.05) is 32.0 Å². The number of nitrogens with zero attached hydrogens (tertiary/aromatic N) is 2. The van der Waals surface area contributed by atoms with Crippen molar-refractivity contribution >= 4 is 5.97 Å². The number of aromatic nitrogens is 2. The van der Waals surface area contributed by atoms with E-state index in [9.17, 15) is 4.79 Å². The minimum absolute atomic E-state index is 0.144. The SMILES string of the molecule is CCOC(=O)Cc1nccnc1CCC(OCC)OCC. The van der Waals surface area contributed by atoms with E-state index in [0.717, 1.165) is 5.69 Å². The largest absolute Gasteiger partial charge is 0.466 e. The van der Waals surface area contributed by atoms with Crippen LogP contribution in [-0.4, -0.2) is 42.0 Å². The van der Waals surface area contributed by atoms with E-state index in [1.54, 1.807) is 19.3 Å². The van der Waals surface area contributed by atoms with Crippen LogP contribution in [0.25, 0.3) is 0 Å². The lowest BCUT2D eigenvalue weighted by atomic mass is 10.1. The molecule has 6 heteroatoms. The number of ether oxygens (including phenoxy) is 3. The molecule has 0 spiro atoms. The van der Waals surface area contributed by atoms with E-state index in [-0.39, 0.29) is 18.7 Å². The van der Waals surface area contributed by atoms with Crippen LogP contribution in [0.5, 0.6) is 0 Å². The molecule has 0 aliphatic heterocycles. The Labute approximate surface area is 125 Å². The highest BCUT2D eigenvalue weighted by Gasteiger charge is 2.14. The van der Waals surface area contributed by atoms with E-state index in [2.05, 4.69) is 9.97 Å². The average Bonchev–Trinajstić information content (AvgIpc) is 2.47. The van der Waals surface area contributed by atoms with Gasteiger partial charge in [0.1, 0.15) is 0 Å². The maximum atomic E-state index is 11.6.